The molecule has 1 aliphatic carbocycles. The van der Waals surface area contributed by atoms with Crippen molar-refractivity contribution in [2.45, 2.75) is 51.9 Å². The summed E-state index contributed by atoms with van der Waals surface area (Å²) in [6.45, 7) is 4.54. The third-order valence-electron chi connectivity index (χ3n) is 5.66. The summed E-state index contributed by atoms with van der Waals surface area (Å²) in [5, 5.41) is 2.63. The molecule has 0 bridgehead atoms. The van der Waals surface area contributed by atoms with Crippen LogP contribution in [0.1, 0.15) is 56.7 Å². The monoisotopic (exact) mass is 318 g/mol. The predicted octanol–water partition coefficient (Wildman–Crippen LogP) is 6.09. The Hall–Kier alpha value is -2.09. The van der Waals surface area contributed by atoms with Crippen LogP contribution in [-0.4, -0.2) is 9.97 Å². The van der Waals surface area contributed by atoms with E-state index in [-0.39, 0.29) is 0 Å². The molecule has 0 radical (unpaired) electrons. The summed E-state index contributed by atoms with van der Waals surface area (Å²) in [4.78, 5) is 8.07. The lowest BCUT2D eigenvalue weighted by atomic mass is 9.79. The van der Waals surface area contributed by atoms with E-state index in [9.17, 15) is 0 Å². The van der Waals surface area contributed by atoms with Crippen LogP contribution in [0.15, 0.2) is 42.6 Å². The van der Waals surface area contributed by atoms with Crippen molar-refractivity contribution in [2.24, 2.45) is 5.92 Å². The summed E-state index contributed by atoms with van der Waals surface area (Å²) in [6.07, 6.45) is 8.33. The van der Waals surface area contributed by atoms with Gasteiger partial charge in [0.1, 0.15) is 5.82 Å². The summed E-state index contributed by atoms with van der Waals surface area (Å²) in [5.74, 6) is 2.61. The highest BCUT2D eigenvalue weighted by Gasteiger charge is 2.20. The smallest absolute Gasteiger partial charge is 0.138 e. The number of hydrogen-bond donors (Lipinski definition) is 1. The van der Waals surface area contributed by atoms with E-state index in [0.29, 0.717) is 0 Å². The lowest BCUT2D eigenvalue weighted by Gasteiger charge is -2.26. The molecule has 1 aromatic heterocycles. The number of nitrogens with one attached hydrogen (secondary N) is 1. The molecule has 2 heteroatoms. The number of rotatable bonds is 3. The van der Waals surface area contributed by atoms with Gasteiger partial charge in [-0.3, -0.25) is 0 Å². The molecule has 1 heterocycles. The van der Waals surface area contributed by atoms with E-state index in [2.05, 4.69) is 60.2 Å². The molecule has 24 heavy (non-hydrogen) atoms. The van der Waals surface area contributed by atoms with Crippen LogP contribution < -0.4 is 0 Å². The van der Waals surface area contributed by atoms with Gasteiger partial charge in [0.05, 0.1) is 0 Å². The van der Waals surface area contributed by atoms with Crippen LogP contribution in [0.5, 0.6) is 0 Å². The van der Waals surface area contributed by atoms with Gasteiger partial charge in [-0.2, -0.15) is 0 Å². The fraction of sp³-hybridized carbons (Fsp3) is 0.409. The minimum atomic E-state index is 0.724. The summed E-state index contributed by atoms with van der Waals surface area (Å²) in [7, 11) is 0. The van der Waals surface area contributed by atoms with Crippen LogP contribution in [0.4, 0.5) is 0 Å². The number of H-pyrrole nitrogens is 1. The first kappa shape index (κ1) is 15.4. The first-order chi connectivity index (χ1) is 11.7. The van der Waals surface area contributed by atoms with Gasteiger partial charge in [-0.15, -0.1) is 0 Å². The van der Waals surface area contributed by atoms with Crippen molar-refractivity contribution < 1.29 is 0 Å². The normalized spacial score (nSPS) is 21.2. The molecule has 0 spiro atoms. The average molecular weight is 318 g/mol. The Kier molecular flexibility index (Phi) is 4.13. The Labute approximate surface area is 144 Å². The molecule has 4 rings (SSSR count). The third kappa shape index (κ3) is 2.86. The van der Waals surface area contributed by atoms with Crippen molar-refractivity contribution in [3.05, 3.63) is 53.9 Å². The van der Waals surface area contributed by atoms with Crippen LogP contribution in [0.3, 0.4) is 0 Å². The quantitative estimate of drug-likeness (QED) is 0.622. The molecule has 1 fully saturated rings. The van der Waals surface area contributed by atoms with Gasteiger partial charge >= 0.3 is 0 Å². The molecular formula is C22H26N2. The highest BCUT2D eigenvalue weighted by atomic mass is 14.9. The number of aromatic nitrogens is 2. The largest absolute Gasteiger partial charge is 0.342 e. The van der Waals surface area contributed by atoms with Crippen LogP contribution in [-0.2, 0) is 6.42 Å². The van der Waals surface area contributed by atoms with Gasteiger partial charge in [0.2, 0.25) is 0 Å². The van der Waals surface area contributed by atoms with E-state index in [0.717, 1.165) is 24.1 Å². The molecule has 0 aliphatic heterocycles. The second-order valence-corrected chi connectivity index (χ2v) is 7.35. The number of benzene rings is 2. The Bertz CT molecular complexity index is 838. The first-order valence-corrected chi connectivity index (χ1v) is 9.31. The van der Waals surface area contributed by atoms with E-state index in [1.54, 1.807) is 0 Å². The highest BCUT2D eigenvalue weighted by molar-refractivity contribution is 5.95. The minimum absolute atomic E-state index is 0.724. The maximum absolute atomic E-state index is 4.60. The molecule has 0 unspecified atom stereocenters. The summed E-state index contributed by atoms with van der Waals surface area (Å²) in [5.41, 5.74) is 3.92. The van der Waals surface area contributed by atoms with Crippen molar-refractivity contribution in [1.82, 2.24) is 9.97 Å². The Morgan fingerprint density at radius 1 is 1.08 bits per heavy atom. The van der Waals surface area contributed by atoms with Crippen molar-refractivity contribution >= 4 is 10.8 Å². The molecule has 124 valence electrons. The van der Waals surface area contributed by atoms with E-state index >= 15 is 0 Å². The minimum Gasteiger partial charge on any atom is -0.342 e. The lowest BCUT2D eigenvalue weighted by Crippen LogP contribution is -2.10. The molecular weight excluding hydrogens is 292 g/mol. The van der Waals surface area contributed by atoms with E-state index < -0.39 is 0 Å². The number of aromatic amines is 1. The molecule has 2 nitrogen and oxygen atoms in total. The molecule has 3 aromatic rings. The van der Waals surface area contributed by atoms with Gasteiger partial charge in [-0.25, -0.2) is 4.98 Å². The average Bonchev–Trinajstić information content (AvgIpc) is 3.10. The van der Waals surface area contributed by atoms with Crippen LogP contribution in [0.25, 0.3) is 22.2 Å². The molecule has 1 N–H and O–H groups in total. The fourth-order valence-corrected chi connectivity index (χ4v) is 4.02. The molecule has 0 amide bonds. The zero-order valence-corrected chi connectivity index (χ0v) is 14.7. The zero-order valence-electron chi connectivity index (χ0n) is 14.7. The maximum atomic E-state index is 4.60. The van der Waals surface area contributed by atoms with Gasteiger partial charge in [-0.1, -0.05) is 63.1 Å². The Morgan fingerprint density at radius 2 is 1.92 bits per heavy atom. The molecule has 0 saturated heterocycles. The highest BCUT2D eigenvalue weighted by Crippen LogP contribution is 2.37. The predicted molar refractivity (Wildman–Crippen MR) is 101 cm³/mol. The summed E-state index contributed by atoms with van der Waals surface area (Å²) in [6, 6.07) is 13.6. The number of aryl methyl sites for hydroxylation is 1. The van der Waals surface area contributed by atoms with Crippen molar-refractivity contribution in [3.8, 4) is 11.4 Å². The van der Waals surface area contributed by atoms with E-state index in [1.807, 2.05) is 6.20 Å². The number of imidazole rings is 1. The van der Waals surface area contributed by atoms with Gasteiger partial charge < -0.3 is 4.98 Å². The zero-order chi connectivity index (χ0) is 16.5. The summed E-state index contributed by atoms with van der Waals surface area (Å²) >= 11 is 0. The van der Waals surface area contributed by atoms with Gasteiger partial charge in [-0.05, 0) is 47.4 Å². The lowest BCUT2D eigenvalue weighted by molar-refractivity contribution is 0.348. The van der Waals surface area contributed by atoms with Gasteiger partial charge in [0.25, 0.3) is 0 Å². The van der Waals surface area contributed by atoms with Crippen molar-refractivity contribution in [1.29, 1.82) is 0 Å². The second kappa shape index (κ2) is 6.43. The molecule has 0 atom stereocenters. The molecule has 1 aliphatic rings. The SMILES string of the molecule is CCc1cnc(-c2cccc3ccc(C4CCC(C)CC4)cc23)[nH]1. The van der Waals surface area contributed by atoms with Gasteiger partial charge in [0.15, 0.2) is 0 Å². The Balaban J connectivity index is 1.76. The fourth-order valence-electron chi connectivity index (χ4n) is 4.02. The van der Waals surface area contributed by atoms with Crippen molar-refractivity contribution in [3.63, 3.8) is 0 Å². The number of nitrogens with zero attached hydrogens (tertiary/aromatic N) is 1. The summed E-state index contributed by atoms with van der Waals surface area (Å²) < 4.78 is 0. The number of hydrogen-bond acceptors (Lipinski definition) is 1. The third-order valence-corrected chi connectivity index (χ3v) is 5.66. The van der Waals surface area contributed by atoms with Crippen LogP contribution >= 0.6 is 0 Å². The second-order valence-electron chi connectivity index (χ2n) is 7.35. The maximum Gasteiger partial charge on any atom is 0.138 e. The molecule has 1 saturated carbocycles. The van der Waals surface area contributed by atoms with E-state index in [1.165, 1.54) is 53.3 Å². The van der Waals surface area contributed by atoms with Crippen molar-refractivity contribution in [2.75, 3.05) is 0 Å². The standard InChI is InChI=1S/C22H26N2/c1-3-19-14-23-22(24-19)20-6-4-5-17-11-12-18(13-21(17)20)16-9-7-15(2)8-10-16/h4-6,11-16H,3,7-10H2,1-2H3,(H,23,24). The Morgan fingerprint density at radius 3 is 2.67 bits per heavy atom. The van der Waals surface area contributed by atoms with Crippen LogP contribution in [0, 0.1) is 5.92 Å². The van der Waals surface area contributed by atoms with E-state index in [4.69, 9.17) is 0 Å². The van der Waals surface area contributed by atoms with Gasteiger partial charge in [0, 0.05) is 17.5 Å². The first-order valence-electron chi connectivity index (χ1n) is 9.31. The number of fused-ring (bicyclic) bond motifs is 1. The molecule has 2 aromatic carbocycles. The van der Waals surface area contributed by atoms with Crippen LogP contribution in [0.2, 0.25) is 0 Å². The topological polar surface area (TPSA) is 28.7 Å².